The molecule has 73 valence electrons. The van der Waals surface area contributed by atoms with E-state index in [1.807, 2.05) is 0 Å². The maximum atomic E-state index is 11.1. The number of amides is 2. The summed E-state index contributed by atoms with van der Waals surface area (Å²) in [5.74, 6) is 0. The fourth-order valence-electron chi connectivity index (χ4n) is 1.60. The second kappa shape index (κ2) is 5.56. The minimum Gasteiger partial charge on any atom is -0.335 e. The average molecular weight is 183 g/mol. The number of urea groups is 1. The van der Waals surface area contributed by atoms with Crippen LogP contribution in [0.1, 0.15) is 32.1 Å². The van der Waals surface area contributed by atoms with Crippen molar-refractivity contribution in [3.63, 3.8) is 0 Å². The quantitative estimate of drug-likeness (QED) is 0.677. The lowest BCUT2D eigenvalue weighted by Gasteiger charge is -2.22. The van der Waals surface area contributed by atoms with Crippen LogP contribution in [0.15, 0.2) is 0 Å². The Morgan fingerprint density at radius 1 is 1.31 bits per heavy atom. The summed E-state index contributed by atoms with van der Waals surface area (Å²) in [6.45, 7) is -0.0292. The Labute approximate surface area is 78.1 Å². The number of rotatable bonds is 3. The fourth-order valence-corrected chi connectivity index (χ4v) is 1.60. The van der Waals surface area contributed by atoms with E-state index in [1.165, 1.54) is 19.3 Å². The van der Waals surface area contributed by atoms with Gasteiger partial charge in [0.2, 0.25) is 6.29 Å². The van der Waals surface area contributed by atoms with E-state index in [4.69, 9.17) is 0 Å². The fraction of sp³-hybridized carbons (Fsp3) is 0.778. The van der Waals surface area contributed by atoms with E-state index in [1.54, 1.807) is 6.29 Å². The normalized spacial score (nSPS) is 17.8. The monoisotopic (exact) mass is 183 g/mol. The molecule has 0 bridgehead atoms. The van der Waals surface area contributed by atoms with Gasteiger partial charge in [0.1, 0.15) is 0 Å². The molecule has 0 unspecified atom stereocenters. The Hall–Kier alpha value is -1.06. The highest BCUT2D eigenvalue weighted by atomic mass is 16.2. The summed E-state index contributed by atoms with van der Waals surface area (Å²) >= 11 is 0. The molecule has 1 aliphatic rings. The third-order valence-corrected chi connectivity index (χ3v) is 2.26. The van der Waals surface area contributed by atoms with Gasteiger partial charge in [-0.3, -0.25) is 4.79 Å². The molecule has 1 fully saturated rings. The molecule has 0 aromatic rings. The lowest BCUT2D eigenvalue weighted by Crippen LogP contribution is -2.43. The van der Waals surface area contributed by atoms with Crippen molar-refractivity contribution < 1.29 is 9.59 Å². The first-order valence-corrected chi connectivity index (χ1v) is 4.72. The molecular formula is C9H15N2O2. The van der Waals surface area contributed by atoms with Gasteiger partial charge in [0.15, 0.2) is 0 Å². The largest absolute Gasteiger partial charge is 0.335 e. The third-order valence-electron chi connectivity index (χ3n) is 2.26. The van der Waals surface area contributed by atoms with Gasteiger partial charge in [0, 0.05) is 6.04 Å². The predicted molar refractivity (Wildman–Crippen MR) is 49.1 cm³/mol. The minimum absolute atomic E-state index is 0.0292. The van der Waals surface area contributed by atoms with Crippen LogP contribution in [0.25, 0.3) is 0 Å². The highest BCUT2D eigenvalue weighted by molar-refractivity contribution is 5.76. The molecule has 1 radical (unpaired) electrons. The average Bonchev–Trinajstić information content (AvgIpc) is 2.16. The highest BCUT2D eigenvalue weighted by Gasteiger charge is 2.14. The molecule has 1 rings (SSSR count). The van der Waals surface area contributed by atoms with Crippen molar-refractivity contribution in [3.05, 3.63) is 0 Å². The summed E-state index contributed by atoms with van der Waals surface area (Å²) in [5.41, 5.74) is 0. The molecule has 0 aromatic heterocycles. The minimum atomic E-state index is -0.254. The van der Waals surface area contributed by atoms with Crippen LogP contribution in [0.2, 0.25) is 0 Å². The number of nitrogens with one attached hydrogen (secondary N) is 2. The molecular weight excluding hydrogens is 168 g/mol. The van der Waals surface area contributed by atoms with Crippen LogP contribution < -0.4 is 10.6 Å². The van der Waals surface area contributed by atoms with Crippen LogP contribution in [-0.2, 0) is 4.79 Å². The zero-order valence-electron chi connectivity index (χ0n) is 7.64. The molecule has 13 heavy (non-hydrogen) atoms. The summed E-state index contributed by atoms with van der Waals surface area (Å²) in [6, 6.07) is 0.0376. The standard InChI is InChI=1S/C9H15N2O2/c12-7-6-10-9(13)11-8-4-2-1-3-5-8/h8H,1-6H2,(H2,10,11,13). The maximum Gasteiger partial charge on any atom is 0.315 e. The van der Waals surface area contributed by atoms with Crippen molar-refractivity contribution in [2.24, 2.45) is 0 Å². The van der Waals surface area contributed by atoms with E-state index in [-0.39, 0.29) is 12.6 Å². The molecule has 1 saturated carbocycles. The topological polar surface area (TPSA) is 58.2 Å². The van der Waals surface area contributed by atoms with Crippen molar-refractivity contribution in [2.75, 3.05) is 6.54 Å². The van der Waals surface area contributed by atoms with Crippen LogP contribution in [0, 0.1) is 0 Å². The Morgan fingerprint density at radius 3 is 2.62 bits per heavy atom. The number of hydrogen-bond donors (Lipinski definition) is 2. The number of carbonyl (C=O) groups excluding carboxylic acids is 2. The first-order chi connectivity index (χ1) is 6.33. The molecule has 0 heterocycles. The molecule has 1 aliphatic carbocycles. The number of hydrogen-bond acceptors (Lipinski definition) is 2. The second-order valence-corrected chi connectivity index (χ2v) is 3.31. The van der Waals surface area contributed by atoms with Gasteiger partial charge < -0.3 is 10.6 Å². The van der Waals surface area contributed by atoms with Gasteiger partial charge >= 0.3 is 6.03 Å². The van der Waals surface area contributed by atoms with Gasteiger partial charge in [-0.1, -0.05) is 19.3 Å². The number of carbonyl (C=O) groups is 1. The van der Waals surface area contributed by atoms with Crippen LogP contribution in [0.5, 0.6) is 0 Å². The van der Waals surface area contributed by atoms with E-state index >= 15 is 0 Å². The lowest BCUT2D eigenvalue weighted by atomic mass is 9.96. The summed E-state index contributed by atoms with van der Waals surface area (Å²) in [6.07, 6.45) is 7.36. The molecule has 0 aromatic carbocycles. The smallest absolute Gasteiger partial charge is 0.315 e. The molecule has 2 N–H and O–H groups in total. The van der Waals surface area contributed by atoms with Crippen LogP contribution in [-0.4, -0.2) is 24.9 Å². The van der Waals surface area contributed by atoms with Crippen LogP contribution in [0.4, 0.5) is 4.79 Å². The third kappa shape index (κ3) is 3.92. The molecule has 4 nitrogen and oxygen atoms in total. The van der Waals surface area contributed by atoms with E-state index < -0.39 is 0 Å². The summed E-state index contributed by atoms with van der Waals surface area (Å²) < 4.78 is 0. The molecule has 0 spiro atoms. The SMILES string of the molecule is O=[C]CNC(=O)NC1CCCCC1. The summed E-state index contributed by atoms with van der Waals surface area (Å²) in [5, 5.41) is 5.23. The Morgan fingerprint density at radius 2 is 2.00 bits per heavy atom. The zero-order valence-corrected chi connectivity index (χ0v) is 7.64. The molecule has 0 atom stereocenters. The van der Waals surface area contributed by atoms with E-state index in [9.17, 15) is 9.59 Å². The molecule has 0 saturated heterocycles. The molecule has 4 heteroatoms. The first kappa shape index (κ1) is 10.0. The summed E-state index contributed by atoms with van der Waals surface area (Å²) in [7, 11) is 0. The Bertz CT molecular complexity index is 176. The van der Waals surface area contributed by atoms with Gasteiger partial charge in [-0.2, -0.15) is 0 Å². The highest BCUT2D eigenvalue weighted by Crippen LogP contribution is 2.16. The van der Waals surface area contributed by atoms with Crippen LogP contribution in [0.3, 0.4) is 0 Å². The first-order valence-electron chi connectivity index (χ1n) is 4.72. The van der Waals surface area contributed by atoms with Gasteiger partial charge in [0.25, 0.3) is 0 Å². The zero-order chi connectivity index (χ0) is 9.52. The van der Waals surface area contributed by atoms with Gasteiger partial charge in [-0.25, -0.2) is 4.79 Å². The van der Waals surface area contributed by atoms with Crippen molar-refractivity contribution in [1.82, 2.24) is 10.6 Å². The lowest BCUT2D eigenvalue weighted by molar-refractivity contribution is 0.234. The Kier molecular flexibility index (Phi) is 4.29. The Balaban J connectivity index is 2.14. The van der Waals surface area contributed by atoms with Crippen LogP contribution >= 0.6 is 0 Å². The second-order valence-electron chi connectivity index (χ2n) is 3.31. The molecule has 2 amide bonds. The maximum absolute atomic E-state index is 11.1. The van der Waals surface area contributed by atoms with Crippen molar-refractivity contribution in [1.29, 1.82) is 0 Å². The van der Waals surface area contributed by atoms with Gasteiger partial charge in [-0.15, -0.1) is 0 Å². The van der Waals surface area contributed by atoms with E-state index in [0.29, 0.717) is 6.04 Å². The van der Waals surface area contributed by atoms with Crippen molar-refractivity contribution >= 4 is 12.3 Å². The molecule has 0 aliphatic heterocycles. The van der Waals surface area contributed by atoms with Crippen molar-refractivity contribution in [3.8, 4) is 0 Å². The van der Waals surface area contributed by atoms with E-state index in [2.05, 4.69) is 10.6 Å². The van der Waals surface area contributed by atoms with Gasteiger partial charge in [0.05, 0.1) is 6.54 Å². The van der Waals surface area contributed by atoms with E-state index in [0.717, 1.165) is 12.8 Å². The van der Waals surface area contributed by atoms with Crippen molar-refractivity contribution in [2.45, 2.75) is 38.1 Å². The summed E-state index contributed by atoms with van der Waals surface area (Å²) in [4.78, 5) is 20.9. The van der Waals surface area contributed by atoms with Gasteiger partial charge in [-0.05, 0) is 12.8 Å². The predicted octanol–water partition coefficient (Wildman–Crippen LogP) is 0.728.